The summed E-state index contributed by atoms with van der Waals surface area (Å²) in [7, 11) is 0. The van der Waals surface area contributed by atoms with Gasteiger partial charge in [0, 0.05) is 6.42 Å². The highest BCUT2D eigenvalue weighted by molar-refractivity contribution is 5.69. The first-order chi connectivity index (χ1) is 25.4. The summed E-state index contributed by atoms with van der Waals surface area (Å²) >= 11 is 0. The lowest BCUT2D eigenvalue weighted by molar-refractivity contribution is -0.388. The molecule has 0 aromatic heterocycles. The van der Waals surface area contributed by atoms with E-state index in [1.54, 1.807) is 0 Å². The predicted molar refractivity (Wildman–Crippen MR) is 185 cm³/mol. The maximum absolute atomic E-state index is 12.4. The van der Waals surface area contributed by atoms with Gasteiger partial charge in [-0.25, -0.2) is 0 Å². The summed E-state index contributed by atoms with van der Waals surface area (Å²) in [4.78, 5) is 12.4. The number of rotatable bonds is 24. The molecule has 0 saturated carbocycles. The summed E-state index contributed by atoms with van der Waals surface area (Å²) in [6.07, 6.45) is -2.94. The predicted octanol–water partition coefficient (Wildman–Crippen LogP) is -0.983. The monoisotopic (exact) mass is 768 g/mol. The van der Waals surface area contributed by atoms with Gasteiger partial charge in [-0.15, -0.1) is 0 Å². The molecule has 53 heavy (non-hydrogen) atoms. The van der Waals surface area contributed by atoms with E-state index < -0.39 is 118 Å². The van der Waals surface area contributed by atoms with Gasteiger partial charge in [0.25, 0.3) is 0 Å². The highest BCUT2D eigenvalue weighted by atomic mass is 16.8. The molecule has 0 aromatic rings. The molecule has 10 N–H and O–H groups in total. The first-order valence-electron chi connectivity index (χ1n) is 19.2. The van der Waals surface area contributed by atoms with Crippen LogP contribution >= 0.6 is 0 Å². The van der Waals surface area contributed by atoms with Gasteiger partial charge in [0.05, 0.1) is 13.2 Å². The third-order valence-electron chi connectivity index (χ3n) is 10.0. The minimum Gasteiger partial charge on any atom is -0.463 e. The zero-order chi connectivity index (χ0) is 39.0. The maximum Gasteiger partial charge on any atom is 0.305 e. The van der Waals surface area contributed by atoms with Crippen LogP contribution in [0.25, 0.3) is 0 Å². The standard InChI is InChI=1S/C36H64O17/c1-2-3-4-5-6-7-8-9-10-11-12-13-14-15-16-17-25(39)48-19-23-26(40)29(43)31(45)34(50-23)49-20-24-27(41)30(44)32(46)35(51-24)53-36(21-38)33(47)28(42)22(18-37)52-36/h9-10,22-24,26-35,37-38,40-47H,2-8,11-21H2,1H3/t22-,23-,24-,26+,27-,28-,29+,30+,31-,32-,33+,34?,35?,36+/m1/s1. The van der Waals surface area contributed by atoms with Crippen molar-refractivity contribution in [3.8, 4) is 0 Å². The molecule has 0 radical (unpaired) electrons. The van der Waals surface area contributed by atoms with Gasteiger partial charge >= 0.3 is 5.97 Å². The van der Waals surface area contributed by atoms with E-state index >= 15 is 0 Å². The van der Waals surface area contributed by atoms with Gasteiger partial charge in [-0.1, -0.05) is 70.4 Å². The summed E-state index contributed by atoms with van der Waals surface area (Å²) < 4.78 is 32.7. The van der Waals surface area contributed by atoms with Gasteiger partial charge < -0.3 is 79.5 Å². The van der Waals surface area contributed by atoms with Crippen LogP contribution in [0.4, 0.5) is 0 Å². The van der Waals surface area contributed by atoms with Crippen LogP contribution in [0.15, 0.2) is 12.2 Å². The Morgan fingerprint density at radius 3 is 1.72 bits per heavy atom. The number of esters is 1. The molecule has 310 valence electrons. The van der Waals surface area contributed by atoms with Crippen LogP contribution in [0.2, 0.25) is 0 Å². The van der Waals surface area contributed by atoms with Crippen LogP contribution < -0.4 is 0 Å². The Morgan fingerprint density at radius 1 is 0.623 bits per heavy atom. The van der Waals surface area contributed by atoms with Crippen LogP contribution in [-0.2, 0) is 33.2 Å². The van der Waals surface area contributed by atoms with E-state index in [0.29, 0.717) is 6.42 Å². The molecule has 3 rings (SSSR count). The minimum absolute atomic E-state index is 0.152. The molecule has 3 saturated heterocycles. The summed E-state index contributed by atoms with van der Waals surface area (Å²) in [5, 5.41) is 103. The zero-order valence-electron chi connectivity index (χ0n) is 30.7. The second-order valence-electron chi connectivity index (χ2n) is 14.2. The molecule has 3 aliphatic heterocycles. The molecule has 0 aromatic carbocycles. The quantitative estimate of drug-likeness (QED) is 0.0321. The summed E-state index contributed by atoms with van der Waals surface area (Å²) in [5.74, 6) is -2.91. The Morgan fingerprint density at radius 2 is 1.15 bits per heavy atom. The normalized spacial score (nSPS) is 37.8. The van der Waals surface area contributed by atoms with Crippen molar-refractivity contribution >= 4 is 5.97 Å². The van der Waals surface area contributed by atoms with Gasteiger partial charge in [-0.2, -0.15) is 0 Å². The molecule has 0 amide bonds. The number of carbonyl (C=O) groups excluding carboxylic acids is 1. The lowest BCUT2D eigenvalue weighted by Gasteiger charge is -2.44. The van der Waals surface area contributed by atoms with Crippen molar-refractivity contribution in [2.24, 2.45) is 0 Å². The average molecular weight is 769 g/mol. The fraction of sp³-hybridized carbons (Fsp3) is 0.917. The van der Waals surface area contributed by atoms with E-state index in [2.05, 4.69) is 19.1 Å². The molecule has 3 aliphatic rings. The Labute approximate surface area is 311 Å². The van der Waals surface area contributed by atoms with E-state index in [1.165, 1.54) is 38.5 Å². The van der Waals surface area contributed by atoms with Crippen molar-refractivity contribution in [2.75, 3.05) is 26.4 Å². The van der Waals surface area contributed by atoms with Gasteiger partial charge in [0.15, 0.2) is 12.6 Å². The van der Waals surface area contributed by atoms with Crippen molar-refractivity contribution in [1.82, 2.24) is 0 Å². The van der Waals surface area contributed by atoms with E-state index in [0.717, 1.165) is 38.5 Å². The fourth-order valence-corrected chi connectivity index (χ4v) is 6.59. The van der Waals surface area contributed by atoms with Gasteiger partial charge in [0.2, 0.25) is 5.79 Å². The summed E-state index contributed by atoms with van der Waals surface area (Å²) in [6.45, 7) is -0.713. The molecule has 17 heteroatoms. The number of aliphatic hydroxyl groups is 10. The van der Waals surface area contributed by atoms with Crippen LogP contribution in [0.1, 0.15) is 96.8 Å². The molecule has 3 fully saturated rings. The molecular formula is C36H64O17. The fourth-order valence-electron chi connectivity index (χ4n) is 6.59. The Kier molecular flexibility index (Phi) is 20.5. The number of hydrogen-bond donors (Lipinski definition) is 10. The van der Waals surface area contributed by atoms with E-state index in [4.69, 9.17) is 28.4 Å². The van der Waals surface area contributed by atoms with Crippen molar-refractivity contribution in [3.05, 3.63) is 12.2 Å². The second kappa shape index (κ2) is 23.6. The van der Waals surface area contributed by atoms with Gasteiger partial charge in [0.1, 0.15) is 80.4 Å². The Balaban J connectivity index is 1.38. The first-order valence-corrected chi connectivity index (χ1v) is 19.2. The molecular weight excluding hydrogens is 704 g/mol. The zero-order valence-corrected chi connectivity index (χ0v) is 30.7. The van der Waals surface area contributed by atoms with E-state index in [9.17, 15) is 55.9 Å². The highest BCUT2D eigenvalue weighted by Crippen LogP contribution is 2.36. The topological polar surface area (TPSA) is 275 Å². The minimum atomic E-state index is -2.39. The molecule has 17 nitrogen and oxygen atoms in total. The lowest BCUT2D eigenvalue weighted by atomic mass is 9.98. The summed E-state index contributed by atoms with van der Waals surface area (Å²) in [5.41, 5.74) is 0. The summed E-state index contributed by atoms with van der Waals surface area (Å²) in [6, 6.07) is 0. The number of ether oxygens (including phenoxy) is 6. The van der Waals surface area contributed by atoms with Gasteiger partial charge in [-0.05, 0) is 32.1 Å². The second-order valence-corrected chi connectivity index (χ2v) is 14.2. The highest BCUT2D eigenvalue weighted by Gasteiger charge is 2.58. The Hall–Kier alpha value is -1.39. The molecule has 0 spiro atoms. The number of unbranched alkanes of at least 4 members (excludes halogenated alkanes) is 11. The van der Waals surface area contributed by atoms with E-state index in [1.807, 2.05) is 0 Å². The molecule has 14 atom stereocenters. The van der Waals surface area contributed by atoms with Crippen LogP contribution in [0.3, 0.4) is 0 Å². The van der Waals surface area contributed by atoms with Crippen molar-refractivity contribution in [1.29, 1.82) is 0 Å². The SMILES string of the molecule is CCCCCCCCC=CCCCCCCCC(=O)OC[C@H]1OC(OC[C@H]2OC(O[C@]3(CO)O[C@H](CO)[C@@H](O)[C@@H]3O)[C@H](O)[C@@H](O)[C@@H]2O)[C@H](O)[C@@H](O)[C@H]1O. The third-order valence-corrected chi connectivity index (χ3v) is 10.0. The van der Waals surface area contributed by atoms with Crippen molar-refractivity contribution in [3.63, 3.8) is 0 Å². The third kappa shape index (κ3) is 13.4. The largest absolute Gasteiger partial charge is 0.463 e. The first kappa shape index (κ1) is 46.0. The van der Waals surface area contributed by atoms with E-state index in [-0.39, 0.29) is 6.42 Å². The van der Waals surface area contributed by atoms with Crippen LogP contribution in [-0.4, -0.2) is 169 Å². The van der Waals surface area contributed by atoms with Gasteiger partial charge in [-0.3, -0.25) is 4.79 Å². The number of allylic oxidation sites excluding steroid dienone is 2. The average Bonchev–Trinajstić information content (AvgIpc) is 3.40. The van der Waals surface area contributed by atoms with Crippen LogP contribution in [0.5, 0.6) is 0 Å². The molecule has 0 aliphatic carbocycles. The smallest absolute Gasteiger partial charge is 0.305 e. The number of hydrogen-bond acceptors (Lipinski definition) is 17. The molecule has 3 heterocycles. The Bertz CT molecular complexity index is 1050. The van der Waals surface area contributed by atoms with Crippen molar-refractivity contribution < 1.29 is 84.3 Å². The molecule has 0 bridgehead atoms. The lowest BCUT2D eigenvalue weighted by Crippen LogP contribution is -2.63. The molecule has 2 unspecified atom stereocenters. The number of carbonyl (C=O) groups is 1. The van der Waals surface area contributed by atoms with Crippen molar-refractivity contribution in [2.45, 2.75) is 182 Å². The maximum atomic E-state index is 12.4. The number of aliphatic hydroxyl groups excluding tert-OH is 10. The van der Waals surface area contributed by atoms with Crippen LogP contribution in [0, 0.1) is 0 Å².